The van der Waals surface area contributed by atoms with E-state index in [9.17, 15) is 14.4 Å². The first-order valence-electron chi connectivity index (χ1n) is 18.5. The lowest BCUT2D eigenvalue weighted by atomic mass is 9.78. The Morgan fingerprint density at radius 3 is 2.31 bits per heavy atom. The molecule has 3 N–H and O–H groups in total. The van der Waals surface area contributed by atoms with Gasteiger partial charge in [-0.2, -0.15) is 0 Å². The van der Waals surface area contributed by atoms with Crippen molar-refractivity contribution in [3.8, 4) is 22.8 Å². The molecule has 1 aliphatic carbocycles. The van der Waals surface area contributed by atoms with E-state index >= 15 is 0 Å². The van der Waals surface area contributed by atoms with Crippen molar-refractivity contribution in [1.29, 1.82) is 0 Å². The monoisotopic (exact) mass is 684 g/mol. The lowest BCUT2D eigenvalue weighted by molar-refractivity contribution is -0.134. The molecule has 2 aromatic carbocycles. The number of nitrogens with one attached hydrogen (secondary N) is 3. The Kier molecular flexibility index (Phi) is 8.10. The summed E-state index contributed by atoms with van der Waals surface area (Å²) in [6.07, 6.45) is 7.38. The minimum absolute atomic E-state index is 0.00173. The van der Waals surface area contributed by atoms with Gasteiger partial charge < -0.3 is 20.1 Å². The van der Waals surface area contributed by atoms with Gasteiger partial charge in [0.05, 0.1) is 22.9 Å². The van der Waals surface area contributed by atoms with Crippen LogP contribution < -0.4 is 20.4 Å². The smallest absolute Gasteiger partial charge is 0.253 e. The number of amides is 3. The molecule has 5 aliphatic rings. The summed E-state index contributed by atoms with van der Waals surface area (Å²) in [5, 5.41) is 5.59. The molecule has 4 aliphatic heterocycles. The molecule has 1 unspecified atom stereocenters. The number of imide groups is 1. The van der Waals surface area contributed by atoms with E-state index in [0.717, 1.165) is 92.4 Å². The van der Waals surface area contributed by atoms with Crippen LogP contribution in [0.2, 0.25) is 0 Å². The summed E-state index contributed by atoms with van der Waals surface area (Å²) < 4.78 is 0. The van der Waals surface area contributed by atoms with Gasteiger partial charge in [-0.3, -0.25) is 24.6 Å². The van der Waals surface area contributed by atoms with Gasteiger partial charge in [-0.1, -0.05) is 25.0 Å². The number of aromatic nitrogens is 3. The molecule has 0 radical (unpaired) electrons. The number of anilines is 2. The first-order chi connectivity index (χ1) is 24.9. The molecule has 51 heavy (non-hydrogen) atoms. The van der Waals surface area contributed by atoms with Crippen molar-refractivity contribution < 1.29 is 14.4 Å². The van der Waals surface area contributed by atoms with E-state index < -0.39 is 0 Å². The van der Waals surface area contributed by atoms with Crippen molar-refractivity contribution in [2.24, 2.45) is 5.92 Å². The third-order valence-electron chi connectivity index (χ3n) is 11.9. The van der Waals surface area contributed by atoms with Crippen molar-refractivity contribution in [1.82, 2.24) is 30.5 Å². The third-order valence-corrected chi connectivity index (χ3v) is 11.9. The molecule has 1 saturated carbocycles. The molecule has 1 spiro atoms. The van der Waals surface area contributed by atoms with Crippen molar-refractivity contribution >= 4 is 29.1 Å². The summed E-state index contributed by atoms with van der Waals surface area (Å²) in [5.41, 5.74) is 7.90. The summed E-state index contributed by atoms with van der Waals surface area (Å²) in [7, 11) is 0. The Morgan fingerprint density at radius 1 is 0.843 bits per heavy atom. The molecule has 4 fully saturated rings. The van der Waals surface area contributed by atoms with Crippen molar-refractivity contribution in [2.75, 3.05) is 62.2 Å². The number of H-pyrrole nitrogens is 1. The summed E-state index contributed by atoms with van der Waals surface area (Å²) >= 11 is 0. The highest BCUT2D eigenvalue weighted by molar-refractivity contribution is 6.01. The second kappa shape index (κ2) is 12.9. The highest BCUT2D eigenvalue weighted by atomic mass is 16.2. The number of piperazine rings is 1. The van der Waals surface area contributed by atoms with E-state index in [2.05, 4.69) is 71.7 Å². The summed E-state index contributed by atoms with van der Waals surface area (Å²) in [6.45, 7) is 8.00. The van der Waals surface area contributed by atoms with Gasteiger partial charge in [0, 0.05) is 98.9 Å². The largest absolute Gasteiger partial charge is 0.371 e. The number of carbonyl (C=O) groups is 3. The summed E-state index contributed by atoms with van der Waals surface area (Å²) in [5.74, 6) is 0.734. The average Bonchev–Trinajstić information content (AvgIpc) is 3.82. The maximum absolute atomic E-state index is 12.7. The third kappa shape index (κ3) is 6.07. The van der Waals surface area contributed by atoms with Gasteiger partial charge in [-0.05, 0) is 73.4 Å². The van der Waals surface area contributed by atoms with Crippen LogP contribution in [0.3, 0.4) is 0 Å². The summed E-state index contributed by atoms with van der Waals surface area (Å²) in [4.78, 5) is 57.1. The number of hydrogen-bond donors (Lipinski definition) is 3. The fourth-order valence-electron chi connectivity index (χ4n) is 8.95. The molecule has 0 bridgehead atoms. The second-order valence-corrected chi connectivity index (χ2v) is 15.1. The zero-order chi connectivity index (χ0) is 34.5. The number of aromatic amines is 1. The Hall–Kier alpha value is -5.03. The molecule has 1 atom stereocenters. The van der Waals surface area contributed by atoms with E-state index in [4.69, 9.17) is 4.98 Å². The van der Waals surface area contributed by atoms with Gasteiger partial charge >= 0.3 is 0 Å². The van der Waals surface area contributed by atoms with Crippen LogP contribution in [0.15, 0.2) is 66.9 Å². The van der Waals surface area contributed by atoms with Crippen LogP contribution in [0, 0.1) is 5.92 Å². The van der Waals surface area contributed by atoms with E-state index in [1.807, 2.05) is 24.3 Å². The minimum Gasteiger partial charge on any atom is -0.371 e. The second-order valence-electron chi connectivity index (χ2n) is 15.1. The predicted octanol–water partition coefficient (Wildman–Crippen LogP) is 4.47. The maximum Gasteiger partial charge on any atom is 0.253 e. The van der Waals surface area contributed by atoms with Crippen LogP contribution in [-0.2, 0) is 15.0 Å². The topological polar surface area (TPSA) is 127 Å². The van der Waals surface area contributed by atoms with Crippen LogP contribution in [-0.4, -0.2) is 89.9 Å². The molecule has 4 aromatic rings. The molecule has 2 aromatic heterocycles. The van der Waals surface area contributed by atoms with Gasteiger partial charge in [0.15, 0.2) is 5.82 Å². The minimum atomic E-state index is -0.235. The fraction of sp³-hybridized carbons (Fsp3) is 0.425. The molecule has 262 valence electrons. The number of nitrogens with zero attached hydrogens (tertiary/aromatic N) is 5. The molecule has 3 amide bonds. The number of hydrogen-bond acceptors (Lipinski definition) is 8. The standard InChI is InChI=1S/C40H44N8O3/c49-35-12-11-31(39(51)45-35)27-3-7-30(8-4-27)48-23-26(24-48)22-46-17-19-47(20-18-46)29-9-5-28(6-10-29)37-41-16-13-33(44-37)34-21-32-36(43-34)40(14-1-2-15-40)25-42-38(32)50/h3-10,13,16,21,26,31,43H,1-2,11-12,14-15,17-20,22-25H2,(H,42,50)(H,45,49,51). The summed E-state index contributed by atoms with van der Waals surface area (Å²) in [6, 6.07) is 20.8. The molecule has 9 rings (SSSR count). The lowest BCUT2D eigenvalue weighted by Gasteiger charge is -2.45. The Labute approximate surface area is 297 Å². The number of piperidine rings is 1. The van der Waals surface area contributed by atoms with E-state index in [0.29, 0.717) is 31.1 Å². The predicted molar refractivity (Wildman–Crippen MR) is 196 cm³/mol. The molecular weight excluding hydrogens is 640 g/mol. The number of carbonyl (C=O) groups excluding carboxylic acids is 3. The van der Waals surface area contributed by atoms with E-state index in [1.54, 1.807) is 6.20 Å². The number of rotatable bonds is 7. The van der Waals surface area contributed by atoms with Crippen LogP contribution in [0.5, 0.6) is 0 Å². The first kappa shape index (κ1) is 31.9. The van der Waals surface area contributed by atoms with Gasteiger partial charge in [0.1, 0.15) is 0 Å². The highest BCUT2D eigenvalue weighted by Crippen LogP contribution is 2.44. The average molecular weight is 685 g/mol. The molecule has 6 heterocycles. The maximum atomic E-state index is 12.7. The van der Waals surface area contributed by atoms with E-state index in [1.165, 1.54) is 24.2 Å². The zero-order valence-electron chi connectivity index (χ0n) is 28.9. The van der Waals surface area contributed by atoms with Crippen LogP contribution >= 0.6 is 0 Å². The fourth-order valence-corrected chi connectivity index (χ4v) is 8.95. The number of fused-ring (bicyclic) bond motifs is 2. The molecule has 11 heteroatoms. The lowest BCUT2D eigenvalue weighted by Crippen LogP contribution is -2.55. The van der Waals surface area contributed by atoms with Gasteiger partial charge in [0.25, 0.3) is 5.91 Å². The van der Waals surface area contributed by atoms with Gasteiger partial charge in [0.2, 0.25) is 11.8 Å². The van der Waals surface area contributed by atoms with Crippen molar-refractivity contribution in [3.63, 3.8) is 0 Å². The van der Waals surface area contributed by atoms with E-state index in [-0.39, 0.29) is 29.1 Å². The number of benzene rings is 2. The zero-order valence-corrected chi connectivity index (χ0v) is 28.9. The molecular formula is C40H44N8O3. The van der Waals surface area contributed by atoms with Gasteiger partial charge in [-0.25, -0.2) is 9.97 Å². The first-order valence-corrected chi connectivity index (χ1v) is 18.5. The Balaban J connectivity index is 0.773. The van der Waals surface area contributed by atoms with Gasteiger partial charge in [-0.15, -0.1) is 0 Å². The van der Waals surface area contributed by atoms with Crippen LogP contribution in [0.4, 0.5) is 11.4 Å². The van der Waals surface area contributed by atoms with Crippen molar-refractivity contribution in [2.45, 2.75) is 49.9 Å². The SMILES string of the molecule is O=C1CCC(c2ccc(N3CC(CN4CCN(c5ccc(-c6nccc(-c7cc8c([nH]7)C7(CCCC7)CNC8=O)n6)cc5)CC4)C3)cc2)C(=O)N1. The van der Waals surface area contributed by atoms with Crippen LogP contribution in [0.25, 0.3) is 22.8 Å². The quantitative estimate of drug-likeness (QED) is 0.244. The normalized spacial score (nSPS) is 22.1. The van der Waals surface area contributed by atoms with Crippen LogP contribution in [0.1, 0.15) is 66.1 Å². The molecule has 11 nitrogen and oxygen atoms in total. The Morgan fingerprint density at radius 2 is 1.57 bits per heavy atom. The molecule has 3 saturated heterocycles. The Bertz CT molecular complexity index is 1950. The highest BCUT2D eigenvalue weighted by Gasteiger charge is 2.43. The van der Waals surface area contributed by atoms with Crippen molar-refractivity contribution in [3.05, 3.63) is 83.7 Å².